The molecule has 15 heavy (non-hydrogen) atoms. The van der Waals surface area contributed by atoms with Crippen LogP contribution in [0.15, 0.2) is 28.3 Å². The predicted molar refractivity (Wildman–Crippen MR) is 66.4 cm³/mol. The van der Waals surface area contributed by atoms with E-state index in [1.165, 1.54) is 5.56 Å². The third-order valence-corrected chi connectivity index (χ3v) is 3.83. The summed E-state index contributed by atoms with van der Waals surface area (Å²) >= 11 is 5.13. The fraction of sp³-hybridized carbons (Fsp3) is 0.200. The van der Waals surface area contributed by atoms with E-state index >= 15 is 0 Å². The van der Waals surface area contributed by atoms with Gasteiger partial charge in [0.15, 0.2) is 5.13 Å². The van der Waals surface area contributed by atoms with E-state index < -0.39 is 0 Å². The number of nitrogens with one attached hydrogen (secondary N) is 1. The highest BCUT2D eigenvalue weighted by atomic mass is 79.9. The molecule has 0 saturated carbocycles. The summed E-state index contributed by atoms with van der Waals surface area (Å²) in [5.41, 5.74) is 2.29. The molecular formula is C10H10BrN3S. The van der Waals surface area contributed by atoms with Gasteiger partial charge in [-0.15, -0.1) is 0 Å². The van der Waals surface area contributed by atoms with Gasteiger partial charge in [-0.25, -0.2) is 4.98 Å². The highest BCUT2D eigenvalue weighted by molar-refractivity contribution is 9.11. The summed E-state index contributed by atoms with van der Waals surface area (Å²) in [6.07, 6.45) is 4.43. The highest BCUT2D eigenvalue weighted by Gasteiger charge is 2.08. The van der Waals surface area contributed by atoms with E-state index in [4.69, 9.17) is 0 Å². The van der Waals surface area contributed by atoms with Crippen molar-refractivity contribution in [3.63, 3.8) is 0 Å². The molecule has 2 rings (SSSR count). The van der Waals surface area contributed by atoms with E-state index in [0.717, 1.165) is 21.0 Å². The van der Waals surface area contributed by atoms with Crippen molar-refractivity contribution in [1.29, 1.82) is 0 Å². The number of anilines is 1. The van der Waals surface area contributed by atoms with Gasteiger partial charge in [-0.05, 0) is 33.6 Å². The van der Waals surface area contributed by atoms with Crippen LogP contribution in [0.1, 0.15) is 11.3 Å². The van der Waals surface area contributed by atoms with Crippen LogP contribution in [0.2, 0.25) is 0 Å². The minimum absolute atomic E-state index is 0.835. The Morgan fingerprint density at radius 1 is 1.40 bits per heavy atom. The third kappa shape index (κ3) is 2.54. The first-order valence-corrected chi connectivity index (χ1v) is 6.12. The highest BCUT2D eigenvalue weighted by Crippen LogP contribution is 2.29. The summed E-state index contributed by atoms with van der Waals surface area (Å²) in [5, 5.41) is 3.98. The molecule has 3 nitrogen and oxygen atoms in total. The monoisotopic (exact) mass is 283 g/mol. The molecule has 0 unspecified atom stereocenters. The molecule has 0 spiro atoms. The van der Waals surface area contributed by atoms with Gasteiger partial charge in [-0.3, -0.25) is 4.98 Å². The number of hydrogen-bond donors (Lipinski definition) is 1. The SMILES string of the molecule is CNc1nc(Cc2ccncc2)c(Br)s1. The standard InChI is InChI=1S/C10H10BrN3S/c1-12-10-14-8(9(11)15-10)6-7-2-4-13-5-3-7/h2-5H,6H2,1H3,(H,12,14). The normalized spacial score (nSPS) is 10.3. The third-order valence-electron chi connectivity index (χ3n) is 1.98. The quantitative estimate of drug-likeness (QED) is 0.941. The average Bonchev–Trinajstić information content (AvgIpc) is 2.61. The molecular weight excluding hydrogens is 274 g/mol. The van der Waals surface area contributed by atoms with Crippen LogP contribution in [0.3, 0.4) is 0 Å². The van der Waals surface area contributed by atoms with Crippen LogP contribution in [0.5, 0.6) is 0 Å². The lowest BCUT2D eigenvalue weighted by molar-refractivity contribution is 1.08. The Labute approximate surface area is 101 Å². The minimum atomic E-state index is 0.835. The van der Waals surface area contributed by atoms with Crippen LogP contribution >= 0.6 is 27.3 Å². The van der Waals surface area contributed by atoms with Gasteiger partial charge < -0.3 is 5.32 Å². The Balaban J connectivity index is 2.21. The number of pyridine rings is 1. The van der Waals surface area contributed by atoms with Gasteiger partial charge in [0, 0.05) is 25.9 Å². The summed E-state index contributed by atoms with van der Waals surface area (Å²) in [6, 6.07) is 4.01. The van der Waals surface area contributed by atoms with Crippen molar-refractivity contribution < 1.29 is 0 Å². The van der Waals surface area contributed by atoms with Crippen molar-refractivity contribution in [1.82, 2.24) is 9.97 Å². The van der Waals surface area contributed by atoms with Gasteiger partial charge in [-0.2, -0.15) is 0 Å². The van der Waals surface area contributed by atoms with Crippen LogP contribution in [0.25, 0.3) is 0 Å². The Morgan fingerprint density at radius 2 is 2.13 bits per heavy atom. The number of halogens is 1. The molecule has 78 valence electrons. The molecule has 2 aromatic heterocycles. The van der Waals surface area contributed by atoms with Gasteiger partial charge in [0.05, 0.1) is 9.48 Å². The lowest BCUT2D eigenvalue weighted by atomic mass is 10.2. The second kappa shape index (κ2) is 4.72. The summed E-state index contributed by atoms with van der Waals surface area (Å²) in [4.78, 5) is 8.45. The van der Waals surface area contributed by atoms with E-state index in [1.54, 1.807) is 23.7 Å². The van der Waals surface area contributed by atoms with Gasteiger partial charge in [0.1, 0.15) is 0 Å². The first-order valence-electron chi connectivity index (χ1n) is 4.51. The lowest BCUT2D eigenvalue weighted by Gasteiger charge is -1.97. The zero-order chi connectivity index (χ0) is 10.7. The molecule has 5 heteroatoms. The molecule has 0 fully saturated rings. The van der Waals surface area contributed by atoms with Crippen molar-refractivity contribution in [2.45, 2.75) is 6.42 Å². The van der Waals surface area contributed by atoms with Gasteiger partial charge in [-0.1, -0.05) is 11.3 Å². The van der Waals surface area contributed by atoms with Crippen molar-refractivity contribution in [3.8, 4) is 0 Å². The second-order valence-corrected chi connectivity index (χ2v) is 5.34. The van der Waals surface area contributed by atoms with Crippen LogP contribution in [0.4, 0.5) is 5.13 Å². The fourth-order valence-electron chi connectivity index (χ4n) is 1.24. The Hall–Kier alpha value is -0.940. The van der Waals surface area contributed by atoms with Gasteiger partial charge in [0.25, 0.3) is 0 Å². The molecule has 0 aliphatic heterocycles. The first kappa shape index (κ1) is 10.6. The molecule has 0 amide bonds. The fourth-order valence-corrected chi connectivity index (χ4v) is 2.60. The average molecular weight is 284 g/mol. The molecule has 0 saturated heterocycles. The van der Waals surface area contributed by atoms with E-state index in [9.17, 15) is 0 Å². The van der Waals surface area contributed by atoms with Gasteiger partial charge >= 0.3 is 0 Å². The second-order valence-electron chi connectivity index (χ2n) is 3.02. The molecule has 0 aliphatic carbocycles. The molecule has 0 aliphatic rings. The number of thiazole rings is 1. The summed E-state index contributed by atoms with van der Waals surface area (Å²) < 4.78 is 1.09. The smallest absolute Gasteiger partial charge is 0.183 e. The van der Waals surface area contributed by atoms with Crippen LogP contribution in [-0.4, -0.2) is 17.0 Å². The number of hydrogen-bond acceptors (Lipinski definition) is 4. The summed E-state index contributed by atoms with van der Waals surface area (Å²) in [7, 11) is 1.88. The maximum atomic E-state index is 4.46. The van der Waals surface area contributed by atoms with E-state index in [-0.39, 0.29) is 0 Å². The Bertz CT molecular complexity index is 441. The van der Waals surface area contributed by atoms with Gasteiger partial charge in [0.2, 0.25) is 0 Å². The van der Waals surface area contributed by atoms with Crippen LogP contribution in [-0.2, 0) is 6.42 Å². The zero-order valence-electron chi connectivity index (χ0n) is 8.20. The zero-order valence-corrected chi connectivity index (χ0v) is 10.6. The number of nitrogens with zero attached hydrogens (tertiary/aromatic N) is 2. The van der Waals surface area contributed by atoms with Crippen molar-refractivity contribution in [2.75, 3.05) is 12.4 Å². The Kier molecular flexibility index (Phi) is 3.33. The lowest BCUT2D eigenvalue weighted by Crippen LogP contribution is -1.91. The number of rotatable bonds is 3. The van der Waals surface area contributed by atoms with Crippen LogP contribution in [0, 0.1) is 0 Å². The minimum Gasteiger partial charge on any atom is -0.365 e. The summed E-state index contributed by atoms with van der Waals surface area (Å²) in [6.45, 7) is 0. The van der Waals surface area contributed by atoms with Crippen molar-refractivity contribution in [3.05, 3.63) is 39.6 Å². The van der Waals surface area contributed by atoms with E-state index in [2.05, 4.69) is 31.2 Å². The maximum Gasteiger partial charge on any atom is 0.183 e. The number of aromatic nitrogens is 2. The topological polar surface area (TPSA) is 37.8 Å². The molecule has 0 radical (unpaired) electrons. The van der Waals surface area contributed by atoms with Crippen LogP contribution < -0.4 is 5.32 Å². The molecule has 1 N–H and O–H groups in total. The van der Waals surface area contributed by atoms with Crippen molar-refractivity contribution in [2.24, 2.45) is 0 Å². The van der Waals surface area contributed by atoms with Crippen molar-refractivity contribution >= 4 is 32.4 Å². The largest absolute Gasteiger partial charge is 0.365 e. The van der Waals surface area contributed by atoms with E-state index in [1.807, 2.05) is 19.2 Å². The molecule has 0 aromatic carbocycles. The predicted octanol–water partition coefficient (Wildman–Crippen LogP) is 2.93. The van der Waals surface area contributed by atoms with E-state index in [0.29, 0.717) is 0 Å². The maximum absolute atomic E-state index is 4.46. The molecule has 0 bridgehead atoms. The molecule has 0 atom stereocenters. The Morgan fingerprint density at radius 3 is 2.73 bits per heavy atom. The molecule has 2 aromatic rings. The first-order chi connectivity index (χ1) is 7.29. The summed E-state index contributed by atoms with van der Waals surface area (Å²) in [5.74, 6) is 0. The molecule has 2 heterocycles.